The van der Waals surface area contributed by atoms with Crippen LogP contribution < -0.4 is 5.32 Å². The molecule has 2 fully saturated rings. The highest BCUT2D eigenvalue weighted by Crippen LogP contribution is 2.13. The molecular formula is C15H36N2. The molecule has 0 aliphatic carbocycles. The minimum atomic E-state index is 0. The predicted molar refractivity (Wildman–Crippen MR) is 80.6 cm³/mol. The van der Waals surface area contributed by atoms with E-state index in [2.05, 4.69) is 31.1 Å². The quantitative estimate of drug-likeness (QED) is 0.700. The molecule has 106 valence electrons. The standard InChI is InChI=1S/C7H15N.C6H13N.2CH4/c1-7-3-5-8(2)6-4-7;1-6-2-4-7-5-3-6;;/h7H,3-6H2,1-2H3;6-7H,2-5H2,1H3;2*1H4. The SMILES string of the molecule is C.C.CC1CCN(C)CC1.CC1CCNCC1. The molecule has 0 aromatic carbocycles. The van der Waals surface area contributed by atoms with E-state index in [1.165, 1.54) is 51.9 Å². The van der Waals surface area contributed by atoms with Crippen LogP contribution >= 0.6 is 0 Å². The molecule has 2 rings (SSSR count). The molecule has 2 heterocycles. The second kappa shape index (κ2) is 11.0. The van der Waals surface area contributed by atoms with Gasteiger partial charge in [0, 0.05) is 0 Å². The van der Waals surface area contributed by atoms with Gasteiger partial charge in [-0.2, -0.15) is 0 Å². The fourth-order valence-electron chi connectivity index (χ4n) is 2.10. The van der Waals surface area contributed by atoms with Crippen molar-refractivity contribution < 1.29 is 0 Å². The molecular weight excluding hydrogens is 208 g/mol. The molecule has 0 saturated carbocycles. The summed E-state index contributed by atoms with van der Waals surface area (Å²) in [7, 11) is 2.20. The fraction of sp³-hybridized carbons (Fsp3) is 1.00. The van der Waals surface area contributed by atoms with E-state index in [1.807, 2.05) is 0 Å². The van der Waals surface area contributed by atoms with Crippen LogP contribution in [0.25, 0.3) is 0 Å². The van der Waals surface area contributed by atoms with Gasteiger partial charge in [0.15, 0.2) is 0 Å². The zero-order valence-electron chi connectivity index (χ0n) is 10.8. The summed E-state index contributed by atoms with van der Waals surface area (Å²) in [5.41, 5.74) is 0. The Morgan fingerprint density at radius 2 is 1.24 bits per heavy atom. The maximum atomic E-state index is 3.32. The molecule has 2 heteroatoms. The van der Waals surface area contributed by atoms with E-state index in [0.29, 0.717) is 0 Å². The average molecular weight is 244 g/mol. The fourth-order valence-corrected chi connectivity index (χ4v) is 2.10. The van der Waals surface area contributed by atoms with E-state index in [1.54, 1.807) is 0 Å². The summed E-state index contributed by atoms with van der Waals surface area (Å²) in [6, 6.07) is 0. The molecule has 2 saturated heterocycles. The molecule has 1 N–H and O–H groups in total. The van der Waals surface area contributed by atoms with Gasteiger partial charge in [-0.05, 0) is 70.7 Å². The zero-order chi connectivity index (χ0) is 11.1. The Hall–Kier alpha value is -0.0800. The van der Waals surface area contributed by atoms with Crippen molar-refractivity contribution >= 4 is 0 Å². The molecule has 0 spiro atoms. The summed E-state index contributed by atoms with van der Waals surface area (Å²) in [5, 5.41) is 3.32. The topological polar surface area (TPSA) is 15.3 Å². The third-order valence-electron chi connectivity index (χ3n) is 3.64. The summed E-state index contributed by atoms with van der Waals surface area (Å²) < 4.78 is 0. The molecule has 0 aromatic heterocycles. The molecule has 0 bridgehead atoms. The maximum Gasteiger partial charge on any atom is -0.00192 e. The summed E-state index contributed by atoms with van der Waals surface area (Å²) in [6.07, 6.45) is 5.55. The first kappa shape index (κ1) is 19.3. The lowest BCUT2D eigenvalue weighted by Crippen LogP contribution is -2.28. The van der Waals surface area contributed by atoms with Crippen molar-refractivity contribution in [3.05, 3.63) is 0 Å². The van der Waals surface area contributed by atoms with Gasteiger partial charge in [0.1, 0.15) is 0 Å². The number of rotatable bonds is 0. The van der Waals surface area contributed by atoms with Gasteiger partial charge in [-0.3, -0.25) is 0 Å². The van der Waals surface area contributed by atoms with Gasteiger partial charge in [0.2, 0.25) is 0 Å². The van der Waals surface area contributed by atoms with Crippen molar-refractivity contribution in [1.82, 2.24) is 10.2 Å². The number of nitrogens with one attached hydrogen (secondary N) is 1. The molecule has 2 aliphatic rings. The van der Waals surface area contributed by atoms with Gasteiger partial charge in [0.25, 0.3) is 0 Å². The smallest absolute Gasteiger partial charge is 0.00192 e. The average Bonchev–Trinajstić information content (AvgIpc) is 2.25. The zero-order valence-corrected chi connectivity index (χ0v) is 10.8. The highest BCUT2D eigenvalue weighted by molar-refractivity contribution is 4.65. The highest BCUT2D eigenvalue weighted by Gasteiger charge is 2.10. The lowest BCUT2D eigenvalue weighted by molar-refractivity contribution is 0.230. The summed E-state index contributed by atoms with van der Waals surface area (Å²) in [5.74, 6) is 1.95. The Bertz CT molecular complexity index is 135. The normalized spacial score (nSPS) is 22.8. The molecule has 0 unspecified atom stereocenters. The number of hydrogen-bond acceptors (Lipinski definition) is 2. The number of likely N-dealkylation sites (tertiary alicyclic amines) is 1. The lowest BCUT2D eigenvalue weighted by atomic mass is 10.00. The van der Waals surface area contributed by atoms with Crippen molar-refractivity contribution in [3.8, 4) is 0 Å². The van der Waals surface area contributed by atoms with Gasteiger partial charge in [-0.25, -0.2) is 0 Å². The van der Waals surface area contributed by atoms with Crippen molar-refractivity contribution in [2.45, 2.75) is 54.4 Å². The molecule has 0 atom stereocenters. The summed E-state index contributed by atoms with van der Waals surface area (Å²) in [6.45, 7) is 9.75. The third-order valence-corrected chi connectivity index (χ3v) is 3.64. The minimum absolute atomic E-state index is 0. The predicted octanol–water partition coefficient (Wildman–Crippen LogP) is 3.63. The van der Waals surface area contributed by atoms with Crippen LogP contribution in [0.4, 0.5) is 0 Å². The summed E-state index contributed by atoms with van der Waals surface area (Å²) in [4.78, 5) is 2.40. The van der Waals surface area contributed by atoms with Gasteiger partial charge in [0.05, 0.1) is 0 Å². The van der Waals surface area contributed by atoms with Crippen molar-refractivity contribution in [3.63, 3.8) is 0 Å². The van der Waals surface area contributed by atoms with E-state index in [-0.39, 0.29) is 14.9 Å². The van der Waals surface area contributed by atoms with Crippen LogP contribution in [0.1, 0.15) is 54.4 Å². The summed E-state index contributed by atoms with van der Waals surface area (Å²) >= 11 is 0. The Morgan fingerprint density at radius 3 is 1.53 bits per heavy atom. The number of hydrogen-bond donors (Lipinski definition) is 1. The van der Waals surface area contributed by atoms with E-state index < -0.39 is 0 Å². The van der Waals surface area contributed by atoms with E-state index in [0.717, 1.165) is 11.8 Å². The van der Waals surface area contributed by atoms with Crippen LogP contribution in [-0.4, -0.2) is 38.1 Å². The minimum Gasteiger partial charge on any atom is -0.317 e. The Labute approximate surface area is 110 Å². The molecule has 0 aromatic rings. The van der Waals surface area contributed by atoms with Crippen LogP contribution in [0.2, 0.25) is 0 Å². The van der Waals surface area contributed by atoms with E-state index in [9.17, 15) is 0 Å². The second-order valence-electron chi connectivity index (χ2n) is 5.42. The third kappa shape index (κ3) is 9.61. The first-order chi connectivity index (χ1) is 7.18. The van der Waals surface area contributed by atoms with Gasteiger partial charge >= 0.3 is 0 Å². The van der Waals surface area contributed by atoms with Crippen molar-refractivity contribution in [1.29, 1.82) is 0 Å². The lowest BCUT2D eigenvalue weighted by Gasteiger charge is -2.26. The highest BCUT2D eigenvalue weighted by atomic mass is 15.1. The van der Waals surface area contributed by atoms with Crippen LogP contribution in [0.15, 0.2) is 0 Å². The Kier molecular flexibility index (Phi) is 12.5. The van der Waals surface area contributed by atoms with Crippen LogP contribution in [0.3, 0.4) is 0 Å². The molecule has 0 radical (unpaired) electrons. The van der Waals surface area contributed by atoms with Crippen LogP contribution in [0.5, 0.6) is 0 Å². The Balaban J connectivity index is 0. The molecule has 2 nitrogen and oxygen atoms in total. The van der Waals surface area contributed by atoms with Crippen molar-refractivity contribution in [2.75, 3.05) is 33.2 Å². The van der Waals surface area contributed by atoms with Crippen LogP contribution in [0, 0.1) is 11.8 Å². The van der Waals surface area contributed by atoms with E-state index in [4.69, 9.17) is 0 Å². The number of nitrogens with zero attached hydrogens (tertiary/aromatic N) is 1. The molecule has 0 amide bonds. The van der Waals surface area contributed by atoms with Gasteiger partial charge in [-0.1, -0.05) is 28.7 Å². The maximum absolute atomic E-state index is 3.32. The van der Waals surface area contributed by atoms with E-state index >= 15 is 0 Å². The molecule has 17 heavy (non-hydrogen) atoms. The first-order valence-corrected chi connectivity index (χ1v) is 6.57. The molecule has 2 aliphatic heterocycles. The van der Waals surface area contributed by atoms with Crippen LogP contribution in [-0.2, 0) is 0 Å². The van der Waals surface area contributed by atoms with Gasteiger partial charge in [-0.15, -0.1) is 0 Å². The van der Waals surface area contributed by atoms with Gasteiger partial charge < -0.3 is 10.2 Å². The van der Waals surface area contributed by atoms with Crippen molar-refractivity contribution in [2.24, 2.45) is 11.8 Å². The monoisotopic (exact) mass is 244 g/mol. The largest absolute Gasteiger partial charge is 0.317 e. The Morgan fingerprint density at radius 1 is 0.824 bits per heavy atom. The first-order valence-electron chi connectivity index (χ1n) is 6.57. The number of piperidine rings is 2. The second-order valence-corrected chi connectivity index (χ2v) is 5.42.